The molecule has 0 amide bonds. The predicted molar refractivity (Wildman–Crippen MR) is 84.2 cm³/mol. The number of ether oxygens (including phenoxy) is 2. The van der Waals surface area contributed by atoms with Crippen LogP contribution in [0.4, 0.5) is 0 Å². The van der Waals surface area contributed by atoms with Gasteiger partial charge in [0, 0.05) is 12.8 Å². The summed E-state index contributed by atoms with van der Waals surface area (Å²) in [6, 6.07) is 0. The van der Waals surface area contributed by atoms with Crippen LogP contribution in [-0.4, -0.2) is 85.6 Å². The Kier molecular flexibility index (Phi) is 7.89. The van der Waals surface area contributed by atoms with E-state index in [0.717, 1.165) is 0 Å². The second-order valence-electron chi connectivity index (χ2n) is 6.63. The fraction of sp³-hybridized carbons (Fsp3) is 0.867. The van der Waals surface area contributed by atoms with Crippen LogP contribution in [0.3, 0.4) is 0 Å². The minimum atomic E-state index is -2.70. The number of esters is 1. The van der Waals surface area contributed by atoms with Crippen molar-refractivity contribution in [2.45, 2.75) is 63.1 Å². The van der Waals surface area contributed by atoms with Crippen LogP contribution in [0.5, 0.6) is 0 Å². The van der Waals surface area contributed by atoms with Gasteiger partial charge in [-0.3, -0.25) is 4.79 Å². The standard InChI is InChI=1S/C15H27NO10/c1-6(7(2)17)13(21)25-5-8(18)3-10-11(12(16)20)9(19)4-15(24,26-10)14(22)23/h6-12,17-20,24H,3-5,16H2,1-2H3,(H,22,23)/t6-,7+,8+,9?,10?,11?,12+,15?/m1/s1. The number of aliphatic carboxylic acids is 1. The van der Waals surface area contributed by atoms with Crippen LogP contribution >= 0.6 is 0 Å². The highest BCUT2D eigenvalue weighted by molar-refractivity contribution is 5.75. The minimum Gasteiger partial charge on any atom is -0.477 e. The van der Waals surface area contributed by atoms with E-state index in [2.05, 4.69) is 0 Å². The third-order valence-electron chi connectivity index (χ3n) is 4.45. The second-order valence-corrected chi connectivity index (χ2v) is 6.63. The molecule has 0 saturated carbocycles. The summed E-state index contributed by atoms with van der Waals surface area (Å²) in [6.07, 6.45) is -7.80. The summed E-state index contributed by atoms with van der Waals surface area (Å²) in [5, 5.41) is 58.0. The minimum absolute atomic E-state index is 0.373. The molecule has 11 heteroatoms. The summed E-state index contributed by atoms with van der Waals surface area (Å²) in [4.78, 5) is 22.8. The number of carbonyl (C=O) groups excluding carboxylic acids is 1. The summed E-state index contributed by atoms with van der Waals surface area (Å²) in [7, 11) is 0. The molecular formula is C15H27NO10. The van der Waals surface area contributed by atoms with Gasteiger partial charge in [-0.25, -0.2) is 4.79 Å². The van der Waals surface area contributed by atoms with Crippen LogP contribution < -0.4 is 5.73 Å². The Morgan fingerprint density at radius 3 is 2.35 bits per heavy atom. The molecule has 0 aliphatic carbocycles. The number of aliphatic hydroxyl groups is 5. The monoisotopic (exact) mass is 381 g/mol. The molecule has 0 aromatic rings. The summed E-state index contributed by atoms with van der Waals surface area (Å²) in [5.74, 6) is -7.17. The molecule has 1 aliphatic rings. The van der Waals surface area contributed by atoms with Crippen molar-refractivity contribution >= 4 is 11.9 Å². The lowest BCUT2D eigenvalue weighted by atomic mass is 9.83. The number of carbonyl (C=O) groups is 2. The fourth-order valence-corrected chi connectivity index (χ4v) is 2.68. The molecule has 0 bridgehead atoms. The van der Waals surface area contributed by atoms with E-state index in [0.29, 0.717) is 0 Å². The fourth-order valence-electron chi connectivity index (χ4n) is 2.68. The first-order chi connectivity index (χ1) is 11.9. The lowest BCUT2D eigenvalue weighted by Gasteiger charge is -2.43. The first-order valence-electron chi connectivity index (χ1n) is 8.17. The molecule has 1 heterocycles. The Hall–Kier alpha value is -1.34. The lowest BCUT2D eigenvalue weighted by molar-refractivity contribution is -0.296. The molecule has 0 radical (unpaired) electrons. The van der Waals surface area contributed by atoms with Gasteiger partial charge in [0.05, 0.1) is 36.3 Å². The van der Waals surface area contributed by atoms with Crippen LogP contribution in [0, 0.1) is 11.8 Å². The summed E-state index contributed by atoms with van der Waals surface area (Å²) < 4.78 is 9.91. The van der Waals surface area contributed by atoms with E-state index < -0.39 is 73.2 Å². The third kappa shape index (κ3) is 5.58. The molecule has 11 nitrogen and oxygen atoms in total. The highest BCUT2D eigenvalue weighted by atomic mass is 16.7. The van der Waals surface area contributed by atoms with Crippen LogP contribution in [-0.2, 0) is 19.1 Å². The average molecular weight is 381 g/mol. The van der Waals surface area contributed by atoms with Crippen molar-refractivity contribution in [2.24, 2.45) is 17.6 Å². The molecule has 4 unspecified atom stereocenters. The van der Waals surface area contributed by atoms with E-state index in [1.807, 2.05) is 0 Å². The summed E-state index contributed by atoms with van der Waals surface area (Å²) in [5.41, 5.74) is 5.38. The van der Waals surface area contributed by atoms with Crippen molar-refractivity contribution in [2.75, 3.05) is 6.61 Å². The van der Waals surface area contributed by atoms with Crippen molar-refractivity contribution in [1.29, 1.82) is 0 Å². The molecule has 1 aliphatic heterocycles. The molecule has 152 valence electrons. The Morgan fingerprint density at radius 2 is 1.88 bits per heavy atom. The molecule has 1 fully saturated rings. The van der Waals surface area contributed by atoms with E-state index in [9.17, 15) is 35.1 Å². The van der Waals surface area contributed by atoms with Gasteiger partial charge in [0.1, 0.15) is 12.8 Å². The lowest BCUT2D eigenvalue weighted by Crippen LogP contribution is -2.60. The molecular weight excluding hydrogens is 354 g/mol. The van der Waals surface area contributed by atoms with Gasteiger partial charge in [0.25, 0.3) is 5.79 Å². The van der Waals surface area contributed by atoms with Gasteiger partial charge in [-0.05, 0) is 13.8 Å². The van der Waals surface area contributed by atoms with Gasteiger partial charge in [-0.1, -0.05) is 0 Å². The number of hydrogen-bond acceptors (Lipinski definition) is 10. The Balaban J connectivity index is 2.75. The van der Waals surface area contributed by atoms with E-state index in [1.165, 1.54) is 13.8 Å². The van der Waals surface area contributed by atoms with E-state index in [4.69, 9.17) is 20.3 Å². The molecule has 8 atom stereocenters. The molecule has 8 N–H and O–H groups in total. The summed E-state index contributed by atoms with van der Waals surface area (Å²) >= 11 is 0. The van der Waals surface area contributed by atoms with Crippen molar-refractivity contribution in [3.63, 3.8) is 0 Å². The second kappa shape index (κ2) is 9.04. The summed E-state index contributed by atoms with van der Waals surface area (Å²) in [6.45, 7) is 2.35. The van der Waals surface area contributed by atoms with E-state index in [-0.39, 0.29) is 6.42 Å². The molecule has 1 rings (SSSR count). The number of hydrogen-bond donors (Lipinski definition) is 7. The molecule has 26 heavy (non-hydrogen) atoms. The highest BCUT2D eigenvalue weighted by Crippen LogP contribution is 2.35. The van der Waals surface area contributed by atoms with Crippen molar-refractivity contribution in [3.8, 4) is 0 Å². The topological polar surface area (TPSA) is 200 Å². The van der Waals surface area contributed by atoms with Gasteiger partial charge >= 0.3 is 11.9 Å². The smallest absolute Gasteiger partial charge is 0.364 e. The van der Waals surface area contributed by atoms with E-state index in [1.54, 1.807) is 0 Å². The average Bonchev–Trinajstić information content (AvgIpc) is 2.50. The van der Waals surface area contributed by atoms with Crippen LogP contribution in [0.1, 0.15) is 26.7 Å². The Morgan fingerprint density at radius 1 is 1.31 bits per heavy atom. The zero-order chi connectivity index (χ0) is 20.2. The third-order valence-corrected chi connectivity index (χ3v) is 4.45. The SMILES string of the molecule is C[C@H](O)[C@@H](C)C(=O)OC[C@@H](O)CC1OC(O)(C(=O)O)CC(O)C1[C@@H](N)O. The molecule has 0 aromatic carbocycles. The molecule has 1 saturated heterocycles. The number of nitrogens with two attached hydrogens (primary N) is 1. The van der Waals surface area contributed by atoms with Crippen molar-refractivity contribution < 1.29 is 49.7 Å². The molecule has 0 spiro atoms. The van der Waals surface area contributed by atoms with E-state index >= 15 is 0 Å². The van der Waals surface area contributed by atoms with Crippen molar-refractivity contribution in [1.82, 2.24) is 0 Å². The quantitative estimate of drug-likeness (QED) is 0.168. The van der Waals surface area contributed by atoms with Gasteiger partial charge in [-0.2, -0.15) is 0 Å². The van der Waals surface area contributed by atoms with Crippen LogP contribution in [0.2, 0.25) is 0 Å². The van der Waals surface area contributed by atoms with Gasteiger partial charge in [0.2, 0.25) is 0 Å². The van der Waals surface area contributed by atoms with Crippen LogP contribution in [0.25, 0.3) is 0 Å². The van der Waals surface area contributed by atoms with Crippen LogP contribution in [0.15, 0.2) is 0 Å². The predicted octanol–water partition coefficient (Wildman–Crippen LogP) is -2.89. The number of rotatable bonds is 8. The maximum Gasteiger partial charge on any atom is 0.364 e. The Labute approximate surface area is 149 Å². The highest BCUT2D eigenvalue weighted by Gasteiger charge is 2.52. The Bertz CT molecular complexity index is 499. The normalized spacial score (nSPS) is 33.8. The maximum absolute atomic E-state index is 11.7. The number of carboxylic acids is 1. The molecule has 0 aromatic heterocycles. The zero-order valence-corrected chi connectivity index (χ0v) is 14.6. The first-order valence-corrected chi connectivity index (χ1v) is 8.17. The number of carboxylic acid groups (broad SMARTS) is 1. The van der Waals surface area contributed by atoms with Gasteiger partial charge in [0.15, 0.2) is 0 Å². The zero-order valence-electron chi connectivity index (χ0n) is 14.6. The largest absolute Gasteiger partial charge is 0.477 e. The van der Waals surface area contributed by atoms with Gasteiger partial charge in [-0.15, -0.1) is 0 Å². The van der Waals surface area contributed by atoms with Crippen molar-refractivity contribution in [3.05, 3.63) is 0 Å². The first kappa shape index (κ1) is 22.7. The van der Waals surface area contributed by atoms with Gasteiger partial charge < -0.3 is 45.8 Å². The number of aliphatic hydroxyl groups excluding tert-OH is 4. The maximum atomic E-state index is 11.7.